The van der Waals surface area contributed by atoms with Gasteiger partial charge in [0.2, 0.25) is 0 Å². The number of H-pyrrole nitrogens is 1. The van der Waals surface area contributed by atoms with Crippen LogP contribution in [0.25, 0.3) is 6.08 Å². The molecule has 0 spiro atoms. The van der Waals surface area contributed by atoms with Crippen molar-refractivity contribution in [2.45, 2.75) is 76.2 Å². The third-order valence-corrected chi connectivity index (χ3v) is 6.97. The Labute approximate surface area is 283 Å². The first kappa shape index (κ1) is 52.6. The summed E-state index contributed by atoms with van der Waals surface area (Å²) in [6, 6.07) is 0. The fraction of sp³-hybridized carbons (Fsp3) is 0.543. The molecule has 0 atom stereocenters. The number of nitrogens with zero attached hydrogens (tertiary/aromatic N) is 1. The minimum atomic E-state index is -2.81. The molecule has 11 heteroatoms. The normalized spacial score (nSPS) is 11.3. The van der Waals surface area contributed by atoms with Gasteiger partial charge in [0.05, 0.1) is 31.2 Å². The first-order chi connectivity index (χ1) is 20.8. The van der Waals surface area contributed by atoms with Gasteiger partial charge in [0.25, 0.3) is 11.8 Å². The third-order valence-electron chi connectivity index (χ3n) is 5.51. The van der Waals surface area contributed by atoms with Gasteiger partial charge in [-0.3, -0.25) is 18.7 Å². The zero-order valence-electron chi connectivity index (χ0n) is 29.9. The first-order valence-corrected chi connectivity index (χ1v) is 17.4. The van der Waals surface area contributed by atoms with E-state index in [-0.39, 0.29) is 36.2 Å². The molecule has 1 aromatic rings. The number of hydrogen-bond donors (Lipinski definition) is 6. The number of quaternary nitrogens is 1. The number of amides is 2. The van der Waals surface area contributed by atoms with Crippen LogP contribution in [0.3, 0.4) is 0 Å². The van der Waals surface area contributed by atoms with Gasteiger partial charge in [0, 0.05) is 30.1 Å². The lowest BCUT2D eigenvalue weighted by Gasteiger charge is -2.29. The summed E-state index contributed by atoms with van der Waals surface area (Å²) in [5.41, 5.74) is 2.99. The highest BCUT2D eigenvalue weighted by Gasteiger charge is 2.18. The van der Waals surface area contributed by atoms with Crippen molar-refractivity contribution in [3.63, 3.8) is 0 Å². The van der Waals surface area contributed by atoms with Gasteiger partial charge in [-0.1, -0.05) is 78.0 Å². The predicted molar refractivity (Wildman–Crippen MR) is 202 cm³/mol. The molecule has 8 N–H and O–H groups in total. The molecule has 0 aromatic carbocycles. The number of allylic oxidation sites excluding steroid dienone is 3. The molecule has 270 valence electrons. The highest BCUT2D eigenvalue weighted by Crippen LogP contribution is 2.38. The predicted octanol–water partition coefficient (Wildman–Crippen LogP) is 6.50. The van der Waals surface area contributed by atoms with E-state index in [1.165, 1.54) is 12.6 Å². The van der Waals surface area contributed by atoms with Crippen LogP contribution in [-0.2, 0) is 4.79 Å². The van der Waals surface area contributed by atoms with Crippen LogP contribution in [0.1, 0.15) is 89.6 Å². The molecule has 0 saturated carbocycles. The van der Waals surface area contributed by atoms with Crippen LogP contribution in [0.5, 0.6) is 0 Å². The molecule has 0 bridgehead atoms. The quantitative estimate of drug-likeness (QED) is 0.0751. The van der Waals surface area contributed by atoms with Crippen molar-refractivity contribution in [3.05, 3.63) is 77.3 Å². The fourth-order valence-electron chi connectivity index (χ4n) is 3.45. The van der Waals surface area contributed by atoms with E-state index in [0.717, 1.165) is 25.2 Å². The number of nitrogens with one attached hydrogen (secondary N) is 3. The monoisotopic (exact) mass is 672 g/mol. The lowest BCUT2D eigenvalue weighted by Crippen LogP contribution is -2.74. The number of aromatic amines is 1. The topological polar surface area (TPSA) is 164 Å². The Morgan fingerprint density at radius 1 is 1.00 bits per heavy atom. The zero-order valence-corrected chi connectivity index (χ0v) is 30.7. The maximum absolute atomic E-state index is 12.9. The average Bonchev–Trinajstić information content (AvgIpc) is 3.25. The highest BCUT2D eigenvalue weighted by molar-refractivity contribution is 8.24. The molecule has 10 nitrogen and oxygen atoms in total. The van der Waals surface area contributed by atoms with Gasteiger partial charge >= 0.3 is 0 Å². The second-order valence-corrected chi connectivity index (χ2v) is 12.1. The Morgan fingerprint density at radius 2 is 1.50 bits per heavy atom. The van der Waals surface area contributed by atoms with E-state index < -0.39 is 10.6 Å². The molecule has 46 heavy (non-hydrogen) atoms. The van der Waals surface area contributed by atoms with Gasteiger partial charge in [0.15, 0.2) is 0 Å². The second kappa shape index (κ2) is 33.4. The molecule has 0 aliphatic carbocycles. The van der Waals surface area contributed by atoms with Gasteiger partial charge in [-0.15, -0.1) is 6.58 Å². The number of likely N-dealkylation sites (N-methyl/N-ethyl adjacent to an activating group) is 1. The van der Waals surface area contributed by atoms with Crippen LogP contribution in [0.2, 0.25) is 0 Å². The van der Waals surface area contributed by atoms with Gasteiger partial charge in [-0.2, -0.15) is 10.6 Å². The summed E-state index contributed by atoms with van der Waals surface area (Å²) in [6.45, 7) is 24.2. The largest absolute Gasteiger partial charge is 0.870 e. The number of rotatable bonds is 14. The van der Waals surface area contributed by atoms with Crippen LogP contribution >= 0.6 is 10.6 Å². The Kier molecular flexibility index (Phi) is 38.2. The summed E-state index contributed by atoms with van der Waals surface area (Å²) < 4.78 is 20.3. The molecule has 0 aliphatic rings. The fourth-order valence-corrected chi connectivity index (χ4v) is 4.49. The summed E-state index contributed by atoms with van der Waals surface area (Å²) in [6.07, 6.45) is 14.5. The molecule has 0 unspecified atom stereocenters. The van der Waals surface area contributed by atoms with Crippen LogP contribution in [0.4, 0.5) is 0 Å². The molecular weight excluding hydrogens is 602 g/mol. The standard InChI is InChI=1S/C26H42N4O4S.C3H8.C3H6.C2H7N.CH4.H2O/c1-7-11-17-35(33,34)18-12-13-22(25(31)27-14-8-2)19-23-20(5)24(21(6)29-23)26(32)28-15-16-30(9-3)10-4;3*1-3-2;;/h7-8,11-14,19,29,33-34H,9-10,15-18H2,1-6H3,(H,27,31)(H,28,32);3H2,1-2H3;3H,1H2,2H3;3H,1-2H3;1H4;1H2/b11-7+,13-12+,14-8+,22-19-;;;;;. The van der Waals surface area contributed by atoms with Crippen molar-refractivity contribution in [1.29, 1.82) is 0 Å². The number of aromatic nitrogens is 1. The minimum Gasteiger partial charge on any atom is -0.870 e. The SMILES string of the molecule is C.C/C=C/CS(O)(O)C/C=C/C(=C/c1[nH]c(C)c(C(=O)NCCN(CC)CC)c1C)C(=O)N/C=C/C.C=CC.CCC.C[NH2+]C.[OH-]. The Balaban J connectivity index is -0.000000454. The summed E-state index contributed by atoms with van der Waals surface area (Å²) in [5.74, 6) is -0.300. The van der Waals surface area contributed by atoms with E-state index in [4.69, 9.17) is 0 Å². The number of nitrogens with two attached hydrogens (primary N) is 1. The Hall–Kier alpha value is -2.93. The second-order valence-electron chi connectivity index (χ2n) is 9.82. The van der Waals surface area contributed by atoms with Gasteiger partial charge in [-0.25, -0.2) is 0 Å². The van der Waals surface area contributed by atoms with Gasteiger partial charge in [0.1, 0.15) is 0 Å². The van der Waals surface area contributed by atoms with Crippen LogP contribution < -0.4 is 16.0 Å². The maximum Gasteiger partial charge on any atom is 0.255 e. The van der Waals surface area contributed by atoms with Crippen molar-refractivity contribution < 1.29 is 29.5 Å². The summed E-state index contributed by atoms with van der Waals surface area (Å²) in [4.78, 5) is 31.0. The number of aryl methyl sites for hydroxylation is 1. The summed E-state index contributed by atoms with van der Waals surface area (Å²) in [7, 11) is 1.19. The molecule has 2 amide bonds. The first-order valence-electron chi connectivity index (χ1n) is 15.5. The molecular formula is C35H69N5O5S. The lowest BCUT2D eigenvalue weighted by atomic mass is 10.1. The molecule has 0 radical (unpaired) electrons. The van der Waals surface area contributed by atoms with Crippen molar-refractivity contribution in [2.75, 3.05) is 51.8 Å². The van der Waals surface area contributed by atoms with Gasteiger partial charge in [-0.05, 0) is 65.5 Å². The molecule has 0 saturated heterocycles. The number of hydrogen-bond acceptors (Lipinski definition) is 6. The van der Waals surface area contributed by atoms with Crippen LogP contribution in [0, 0.1) is 13.8 Å². The zero-order chi connectivity index (χ0) is 34.6. The van der Waals surface area contributed by atoms with Crippen molar-refractivity contribution >= 4 is 28.5 Å². The van der Waals surface area contributed by atoms with E-state index in [1.54, 1.807) is 49.5 Å². The third kappa shape index (κ3) is 25.3. The maximum atomic E-state index is 12.9. The van der Waals surface area contributed by atoms with Crippen molar-refractivity contribution in [1.82, 2.24) is 20.5 Å². The molecule has 0 aliphatic heterocycles. The molecule has 0 fully saturated rings. The van der Waals surface area contributed by atoms with Gasteiger partial charge < -0.3 is 31.3 Å². The van der Waals surface area contributed by atoms with Crippen LogP contribution in [0.15, 0.2) is 54.8 Å². The molecule has 1 rings (SSSR count). The molecule has 1 aromatic heterocycles. The van der Waals surface area contributed by atoms with Crippen molar-refractivity contribution in [3.8, 4) is 0 Å². The van der Waals surface area contributed by atoms with E-state index in [0.29, 0.717) is 29.1 Å². The van der Waals surface area contributed by atoms with Crippen LogP contribution in [-0.4, -0.2) is 88.1 Å². The molecule has 1 heterocycles. The minimum absolute atomic E-state index is 0. The van der Waals surface area contributed by atoms with E-state index in [9.17, 15) is 18.7 Å². The lowest BCUT2D eigenvalue weighted by molar-refractivity contribution is -0.597. The van der Waals surface area contributed by atoms with E-state index >= 15 is 0 Å². The number of carbonyl (C=O) groups is 2. The highest BCUT2D eigenvalue weighted by atomic mass is 32.3. The Morgan fingerprint density at radius 3 is 1.96 bits per heavy atom. The Bertz CT molecular complexity index is 1040. The van der Waals surface area contributed by atoms with E-state index in [2.05, 4.69) is 54.8 Å². The number of carbonyl (C=O) groups excluding carboxylic acids is 2. The summed E-state index contributed by atoms with van der Waals surface area (Å²) >= 11 is 0. The summed E-state index contributed by atoms with van der Waals surface area (Å²) in [5, 5.41) is 7.66. The van der Waals surface area contributed by atoms with E-state index in [1.807, 2.05) is 47.1 Å². The average molecular weight is 672 g/mol. The van der Waals surface area contributed by atoms with Crippen molar-refractivity contribution in [2.24, 2.45) is 0 Å². The smallest absolute Gasteiger partial charge is 0.255 e.